The first-order chi connectivity index (χ1) is 11.0. The molecule has 4 nitrogen and oxygen atoms in total. The van der Waals surface area contributed by atoms with Crippen LogP contribution in [0, 0.1) is 10.1 Å². The van der Waals surface area contributed by atoms with E-state index < -0.39 is 4.92 Å². The Kier molecular flexibility index (Phi) is 4.85. The van der Waals surface area contributed by atoms with E-state index in [4.69, 9.17) is 27.9 Å². The molecule has 3 atom stereocenters. The first-order valence-electron chi connectivity index (χ1n) is 7.32. The molecule has 0 aliphatic carbocycles. The summed E-state index contributed by atoms with van der Waals surface area (Å²) < 4.78 is 6.17. The van der Waals surface area contributed by atoms with Crippen molar-refractivity contribution in [3.05, 3.63) is 74.8 Å². The minimum atomic E-state index is -0.410. The van der Waals surface area contributed by atoms with Gasteiger partial charge in [-0.25, -0.2) is 0 Å². The highest BCUT2D eigenvalue weighted by atomic mass is 35.5. The second-order valence-corrected chi connectivity index (χ2v) is 6.64. The Morgan fingerprint density at radius 3 is 1.91 bits per heavy atom. The van der Waals surface area contributed by atoms with Crippen LogP contribution < -0.4 is 0 Å². The molecular formula is C17H15Cl2NO3. The molecule has 120 valence electrons. The number of non-ortho nitro benzene ring substituents is 1. The van der Waals surface area contributed by atoms with Crippen LogP contribution in [-0.4, -0.2) is 10.3 Å². The maximum absolute atomic E-state index is 10.7. The molecular weight excluding hydrogens is 337 g/mol. The Morgan fingerprint density at radius 1 is 0.957 bits per heavy atom. The minimum absolute atomic E-state index is 0.00961. The van der Waals surface area contributed by atoms with Gasteiger partial charge in [0, 0.05) is 22.5 Å². The number of rotatable bonds is 3. The molecule has 0 saturated carbocycles. The normalized spacial score (nSPS) is 24.3. The predicted octanol–water partition coefficient (Wildman–Crippen LogP) is 5.45. The van der Waals surface area contributed by atoms with Crippen LogP contribution in [0.3, 0.4) is 0 Å². The summed E-state index contributed by atoms with van der Waals surface area (Å²) in [6.45, 7) is 0. The largest absolute Gasteiger partial charge is 0.365 e. The van der Waals surface area contributed by atoms with Crippen LogP contribution in [-0.2, 0) is 4.74 Å². The average Bonchev–Trinajstić information content (AvgIpc) is 2.55. The maximum atomic E-state index is 10.7. The van der Waals surface area contributed by atoms with Crippen molar-refractivity contribution in [3.8, 4) is 0 Å². The zero-order valence-electron chi connectivity index (χ0n) is 12.2. The zero-order valence-corrected chi connectivity index (χ0v) is 13.7. The van der Waals surface area contributed by atoms with Crippen LogP contribution in [0.25, 0.3) is 0 Å². The van der Waals surface area contributed by atoms with Crippen molar-refractivity contribution in [2.24, 2.45) is 0 Å². The van der Waals surface area contributed by atoms with Gasteiger partial charge in [0.15, 0.2) is 0 Å². The molecule has 0 amide bonds. The second-order valence-electron chi connectivity index (χ2n) is 5.58. The van der Waals surface area contributed by atoms with E-state index >= 15 is 0 Å². The van der Waals surface area contributed by atoms with Crippen molar-refractivity contribution >= 4 is 28.9 Å². The summed E-state index contributed by atoms with van der Waals surface area (Å²) in [7, 11) is 0. The highest BCUT2D eigenvalue weighted by Gasteiger charge is 2.30. The highest BCUT2D eigenvalue weighted by Crippen LogP contribution is 2.41. The van der Waals surface area contributed by atoms with E-state index in [1.807, 2.05) is 24.3 Å². The topological polar surface area (TPSA) is 52.4 Å². The number of hydrogen-bond acceptors (Lipinski definition) is 3. The number of alkyl halides is 1. The van der Waals surface area contributed by atoms with Crippen LogP contribution in [0.2, 0.25) is 5.02 Å². The van der Waals surface area contributed by atoms with Gasteiger partial charge in [-0.1, -0.05) is 23.7 Å². The van der Waals surface area contributed by atoms with Gasteiger partial charge in [0.05, 0.1) is 17.1 Å². The third kappa shape index (κ3) is 3.83. The molecule has 23 heavy (non-hydrogen) atoms. The van der Waals surface area contributed by atoms with Gasteiger partial charge in [0.1, 0.15) is 0 Å². The van der Waals surface area contributed by atoms with E-state index in [0.29, 0.717) is 11.4 Å². The molecule has 1 fully saturated rings. The summed E-state index contributed by atoms with van der Waals surface area (Å²) in [6, 6.07) is 14.0. The third-order valence-electron chi connectivity index (χ3n) is 3.99. The number of nitrogens with zero attached hydrogens (tertiary/aromatic N) is 1. The van der Waals surface area contributed by atoms with Crippen molar-refractivity contribution in [3.63, 3.8) is 0 Å². The van der Waals surface area contributed by atoms with Crippen molar-refractivity contribution in [2.45, 2.75) is 30.4 Å². The fourth-order valence-electron chi connectivity index (χ4n) is 2.79. The van der Waals surface area contributed by atoms with Gasteiger partial charge in [0.25, 0.3) is 5.69 Å². The number of halogens is 2. The molecule has 1 heterocycles. The highest BCUT2D eigenvalue weighted by molar-refractivity contribution is 6.30. The van der Waals surface area contributed by atoms with E-state index in [1.54, 1.807) is 12.1 Å². The predicted molar refractivity (Wildman–Crippen MR) is 90.0 cm³/mol. The quantitative estimate of drug-likeness (QED) is 0.419. The van der Waals surface area contributed by atoms with Crippen molar-refractivity contribution in [1.82, 2.24) is 0 Å². The average molecular weight is 352 g/mol. The molecule has 0 bridgehead atoms. The summed E-state index contributed by atoms with van der Waals surface area (Å²) in [5.74, 6) is 0. The molecule has 0 N–H and O–H groups in total. The first kappa shape index (κ1) is 16.2. The molecule has 1 aliphatic heterocycles. The minimum Gasteiger partial charge on any atom is -0.365 e. The van der Waals surface area contributed by atoms with Gasteiger partial charge in [0.2, 0.25) is 0 Å². The molecule has 0 unspecified atom stereocenters. The van der Waals surface area contributed by atoms with Crippen LogP contribution >= 0.6 is 23.2 Å². The lowest BCUT2D eigenvalue weighted by Crippen LogP contribution is -2.23. The summed E-state index contributed by atoms with van der Waals surface area (Å²) in [6.07, 6.45) is 1.13. The van der Waals surface area contributed by atoms with Gasteiger partial charge in [-0.15, -0.1) is 11.6 Å². The van der Waals surface area contributed by atoms with Crippen molar-refractivity contribution in [2.75, 3.05) is 0 Å². The van der Waals surface area contributed by atoms with Crippen molar-refractivity contribution < 1.29 is 9.66 Å². The van der Waals surface area contributed by atoms with Crippen LogP contribution in [0.15, 0.2) is 48.5 Å². The standard InChI is InChI=1S/C17H15Cl2NO3/c18-13-5-1-11(2-6-13)16-9-14(19)10-17(23-16)12-3-7-15(8-4-12)20(21)22/h1-8,14,16-17H,9-10H2/t14-,16-,17+/m1/s1. The number of ether oxygens (including phenoxy) is 1. The first-order valence-corrected chi connectivity index (χ1v) is 8.13. The van der Waals surface area contributed by atoms with Crippen LogP contribution in [0.4, 0.5) is 5.69 Å². The lowest BCUT2D eigenvalue weighted by Gasteiger charge is -2.33. The van der Waals surface area contributed by atoms with Gasteiger partial charge >= 0.3 is 0 Å². The molecule has 3 rings (SSSR count). The second kappa shape index (κ2) is 6.87. The van der Waals surface area contributed by atoms with Gasteiger partial charge in [-0.2, -0.15) is 0 Å². The van der Waals surface area contributed by atoms with Gasteiger partial charge in [-0.05, 0) is 48.2 Å². The smallest absolute Gasteiger partial charge is 0.269 e. The van der Waals surface area contributed by atoms with E-state index in [2.05, 4.69) is 0 Å². The Labute approximate surface area is 144 Å². The molecule has 0 radical (unpaired) electrons. The number of hydrogen-bond donors (Lipinski definition) is 0. The molecule has 0 spiro atoms. The summed E-state index contributed by atoms with van der Waals surface area (Å²) in [4.78, 5) is 10.3. The van der Waals surface area contributed by atoms with E-state index in [-0.39, 0.29) is 23.3 Å². The van der Waals surface area contributed by atoms with Crippen LogP contribution in [0.5, 0.6) is 0 Å². The Hall–Kier alpha value is -1.62. The van der Waals surface area contributed by atoms with Crippen molar-refractivity contribution in [1.29, 1.82) is 0 Å². The fraction of sp³-hybridized carbons (Fsp3) is 0.294. The number of nitro groups is 1. The maximum Gasteiger partial charge on any atom is 0.269 e. The van der Waals surface area contributed by atoms with E-state index in [0.717, 1.165) is 17.5 Å². The van der Waals surface area contributed by atoms with E-state index in [9.17, 15) is 10.1 Å². The lowest BCUT2D eigenvalue weighted by molar-refractivity contribution is -0.384. The Bertz CT molecular complexity index is 688. The lowest BCUT2D eigenvalue weighted by atomic mass is 9.94. The van der Waals surface area contributed by atoms with Gasteiger partial charge < -0.3 is 4.74 Å². The van der Waals surface area contributed by atoms with Gasteiger partial charge in [-0.3, -0.25) is 10.1 Å². The molecule has 6 heteroatoms. The SMILES string of the molecule is O=[N+]([O-])c1ccc([C@@H]2C[C@H](Cl)C[C@H](c3ccc(Cl)cc3)O2)cc1. The molecule has 0 aromatic heterocycles. The number of benzene rings is 2. The monoisotopic (exact) mass is 351 g/mol. The molecule has 2 aromatic rings. The molecule has 2 aromatic carbocycles. The van der Waals surface area contributed by atoms with Crippen LogP contribution in [0.1, 0.15) is 36.2 Å². The zero-order chi connectivity index (χ0) is 16.4. The fourth-order valence-corrected chi connectivity index (χ4v) is 3.24. The summed E-state index contributed by atoms with van der Waals surface area (Å²) >= 11 is 12.3. The number of nitro benzene ring substituents is 1. The Morgan fingerprint density at radius 2 is 1.43 bits per heavy atom. The summed E-state index contributed by atoms with van der Waals surface area (Å²) in [5, 5.41) is 11.4. The molecule has 1 aliphatic rings. The third-order valence-corrected chi connectivity index (χ3v) is 4.59. The van der Waals surface area contributed by atoms with E-state index in [1.165, 1.54) is 12.1 Å². The molecule has 1 saturated heterocycles. The Balaban J connectivity index is 1.80. The summed E-state index contributed by atoms with van der Waals surface area (Å²) in [5.41, 5.74) is 2.01.